The Balaban J connectivity index is 2.07. The van der Waals surface area contributed by atoms with Crippen LogP contribution in [0.1, 0.15) is 48.4 Å². The number of nitrogens with one attached hydrogen (secondary N) is 1. The highest BCUT2D eigenvalue weighted by Crippen LogP contribution is 2.27. The van der Waals surface area contributed by atoms with Crippen LogP contribution in [0, 0.1) is 0 Å². The summed E-state index contributed by atoms with van der Waals surface area (Å²) in [5.41, 5.74) is 1.30. The van der Waals surface area contributed by atoms with Crippen molar-refractivity contribution in [3.8, 4) is 0 Å². The molecule has 2 amide bonds. The third-order valence-corrected chi connectivity index (χ3v) is 5.04. The third-order valence-electron chi connectivity index (χ3n) is 4.28. The molecule has 0 saturated carbocycles. The van der Waals surface area contributed by atoms with Gasteiger partial charge in [-0.05, 0) is 55.6 Å². The van der Waals surface area contributed by atoms with Crippen molar-refractivity contribution in [3.05, 3.63) is 81.8 Å². The average molecular weight is 443 g/mol. The normalized spacial score (nSPS) is 12.3. The van der Waals surface area contributed by atoms with Crippen LogP contribution >= 0.6 is 23.1 Å². The van der Waals surface area contributed by atoms with Gasteiger partial charge in [0.15, 0.2) is 5.69 Å². The van der Waals surface area contributed by atoms with Crippen LogP contribution in [0.3, 0.4) is 0 Å². The lowest BCUT2D eigenvalue weighted by atomic mass is 10.0. The Labute approximate surface area is 185 Å². The molecule has 0 saturated heterocycles. The van der Waals surface area contributed by atoms with Gasteiger partial charge in [0.1, 0.15) is 6.04 Å². The van der Waals surface area contributed by atoms with E-state index in [0.717, 1.165) is 17.1 Å². The maximum absolute atomic E-state index is 13.4. The first kappa shape index (κ1) is 21.9. The minimum atomic E-state index is -0.865. The summed E-state index contributed by atoms with van der Waals surface area (Å²) in [5.74, 6) is -0.645. The zero-order valence-corrected chi connectivity index (χ0v) is 18.6. The van der Waals surface area contributed by atoms with Crippen molar-refractivity contribution in [2.45, 2.75) is 38.9 Å². The molecule has 0 fully saturated rings. The van der Waals surface area contributed by atoms with Gasteiger partial charge in [-0.25, -0.2) is 0 Å². The molecule has 3 aromatic rings. The van der Waals surface area contributed by atoms with Crippen molar-refractivity contribution in [2.24, 2.45) is 0 Å². The van der Waals surface area contributed by atoms with Crippen LogP contribution < -0.4 is 5.32 Å². The van der Waals surface area contributed by atoms with E-state index in [1.54, 1.807) is 29.6 Å². The number of aromatic nitrogens is 2. The summed E-state index contributed by atoms with van der Waals surface area (Å²) >= 11 is 7.15. The summed E-state index contributed by atoms with van der Waals surface area (Å²) in [6.45, 7) is 5.94. The summed E-state index contributed by atoms with van der Waals surface area (Å²) in [6.07, 6.45) is 0. The Bertz CT molecular complexity index is 986. The van der Waals surface area contributed by atoms with Gasteiger partial charge in [0.25, 0.3) is 5.91 Å². The quantitative estimate of drug-likeness (QED) is 0.610. The van der Waals surface area contributed by atoms with E-state index < -0.39 is 11.6 Å². The molecule has 3 rings (SSSR count). The number of hydrogen-bond donors (Lipinski definition) is 1. The molecule has 0 spiro atoms. The molecule has 0 radical (unpaired) electrons. The van der Waals surface area contributed by atoms with E-state index in [1.165, 1.54) is 4.90 Å². The zero-order valence-electron chi connectivity index (χ0n) is 17.0. The molecule has 1 heterocycles. The molecular formula is C22H23ClN4O2S. The summed E-state index contributed by atoms with van der Waals surface area (Å²) in [7, 11) is 0. The van der Waals surface area contributed by atoms with E-state index in [9.17, 15) is 9.59 Å². The number of amides is 2. The fourth-order valence-electron chi connectivity index (χ4n) is 3.02. The van der Waals surface area contributed by atoms with Crippen molar-refractivity contribution in [3.63, 3.8) is 0 Å². The van der Waals surface area contributed by atoms with Crippen LogP contribution in [0.2, 0.25) is 5.02 Å². The number of rotatable bonds is 6. The van der Waals surface area contributed by atoms with E-state index in [4.69, 9.17) is 11.6 Å². The largest absolute Gasteiger partial charge is 0.349 e. The molecule has 1 atom stereocenters. The second-order valence-electron chi connectivity index (χ2n) is 7.90. The lowest BCUT2D eigenvalue weighted by Crippen LogP contribution is -2.49. The standard InChI is InChI=1S/C22H23ClN4O2S/c1-22(2,3)24-20(28)19(16-9-11-17(23)12-10-16)27(13-15-7-5-4-6-8-15)21(29)18-14-30-26-25-18/h4-12,14,19H,13H2,1-3H3,(H,24,28)/t19-/m0/s1. The van der Waals surface area contributed by atoms with Gasteiger partial charge in [0.05, 0.1) is 0 Å². The average Bonchev–Trinajstić information content (AvgIpc) is 3.22. The van der Waals surface area contributed by atoms with Crippen LogP contribution in [0.15, 0.2) is 60.0 Å². The molecule has 1 aromatic heterocycles. The van der Waals surface area contributed by atoms with Crippen molar-refractivity contribution in [1.29, 1.82) is 0 Å². The minimum absolute atomic E-state index is 0.207. The van der Waals surface area contributed by atoms with E-state index >= 15 is 0 Å². The lowest BCUT2D eigenvalue weighted by Gasteiger charge is -2.33. The van der Waals surface area contributed by atoms with Crippen LogP contribution in [0.5, 0.6) is 0 Å². The Kier molecular flexibility index (Phi) is 6.84. The third kappa shape index (κ3) is 5.64. The Morgan fingerprint density at radius 3 is 2.33 bits per heavy atom. The van der Waals surface area contributed by atoms with Gasteiger partial charge in [-0.1, -0.05) is 58.6 Å². The van der Waals surface area contributed by atoms with E-state index in [1.807, 2.05) is 51.1 Å². The molecular weight excluding hydrogens is 420 g/mol. The van der Waals surface area contributed by atoms with E-state index in [-0.39, 0.29) is 24.1 Å². The number of hydrogen-bond acceptors (Lipinski definition) is 5. The Morgan fingerprint density at radius 1 is 1.10 bits per heavy atom. The van der Waals surface area contributed by atoms with Crippen molar-refractivity contribution in [2.75, 3.05) is 0 Å². The summed E-state index contributed by atoms with van der Waals surface area (Å²) in [6, 6.07) is 15.6. The van der Waals surface area contributed by atoms with Gasteiger partial charge in [0, 0.05) is 22.5 Å². The SMILES string of the molecule is CC(C)(C)NC(=O)[C@H](c1ccc(Cl)cc1)N(Cc1ccccc1)C(=O)c1csnn1. The predicted molar refractivity (Wildman–Crippen MR) is 118 cm³/mol. The molecule has 0 aliphatic heterocycles. The highest BCUT2D eigenvalue weighted by atomic mass is 35.5. The number of carbonyl (C=O) groups excluding carboxylic acids is 2. The molecule has 156 valence electrons. The predicted octanol–water partition coefficient (Wildman–Crippen LogP) is 4.49. The molecule has 30 heavy (non-hydrogen) atoms. The van der Waals surface area contributed by atoms with Crippen molar-refractivity contribution < 1.29 is 9.59 Å². The monoisotopic (exact) mass is 442 g/mol. The first-order valence-corrected chi connectivity index (χ1v) is 10.7. The van der Waals surface area contributed by atoms with E-state index in [2.05, 4.69) is 14.9 Å². The second-order valence-corrected chi connectivity index (χ2v) is 8.95. The Morgan fingerprint density at radius 2 is 1.77 bits per heavy atom. The molecule has 6 nitrogen and oxygen atoms in total. The first-order valence-electron chi connectivity index (χ1n) is 9.44. The lowest BCUT2D eigenvalue weighted by molar-refractivity contribution is -0.127. The smallest absolute Gasteiger partial charge is 0.276 e. The van der Waals surface area contributed by atoms with Gasteiger partial charge in [0.2, 0.25) is 5.91 Å². The van der Waals surface area contributed by atoms with Gasteiger partial charge in [-0.3, -0.25) is 9.59 Å². The van der Waals surface area contributed by atoms with Crippen LogP contribution in [0.4, 0.5) is 0 Å². The molecule has 1 N–H and O–H groups in total. The Hall–Kier alpha value is -2.77. The topological polar surface area (TPSA) is 75.2 Å². The molecule has 0 aliphatic carbocycles. The summed E-state index contributed by atoms with van der Waals surface area (Å²) in [4.78, 5) is 28.3. The van der Waals surface area contributed by atoms with Gasteiger partial charge in [-0.2, -0.15) is 0 Å². The van der Waals surface area contributed by atoms with Crippen LogP contribution in [0.25, 0.3) is 0 Å². The minimum Gasteiger partial charge on any atom is -0.349 e. The number of benzene rings is 2. The molecule has 0 unspecified atom stereocenters. The maximum atomic E-state index is 13.4. The summed E-state index contributed by atoms with van der Waals surface area (Å²) in [5, 5.41) is 9.07. The number of nitrogens with zero attached hydrogens (tertiary/aromatic N) is 3. The first-order chi connectivity index (χ1) is 14.2. The fourth-order valence-corrected chi connectivity index (χ4v) is 3.58. The highest BCUT2D eigenvalue weighted by Gasteiger charge is 2.34. The molecule has 0 bridgehead atoms. The van der Waals surface area contributed by atoms with Crippen LogP contribution in [-0.4, -0.2) is 31.8 Å². The van der Waals surface area contributed by atoms with Crippen LogP contribution in [-0.2, 0) is 11.3 Å². The summed E-state index contributed by atoms with van der Waals surface area (Å²) < 4.78 is 3.81. The van der Waals surface area contributed by atoms with Gasteiger partial charge in [-0.15, -0.1) is 5.10 Å². The second kappa shape index (κ2) is 9.36. The highest BCUT2D eigenvalue weighted by molar-refractivity contribution is 7.03. The van der Waals surface area contributed by atoms with Gasteiger partial charge < -0.3 is 10.2 Å². The number of carbonyl (C=O) groups is 2. The molecule has 2 aromatic carbocycles. The van der Waals surface area contributed by atoms with Crippen molar-refractivity contribution in [1.82, 2.24) is 19.8 Å². The van der Waals surface area contributed by atoms with Gasteiger partial charge >= 0.3 is 0 Å². The van der Waals surface area contributed by atoms with E-state index in [0.29, 0.717) is 10.6 Å². The fraction of sp³-hybridized carbons (Fsp3) is 0.273. The number of halogens is 1. The van der Waals surface area contributed by atoms with Crippen molar-refractivity contribution >= 4 is 34.9 Å². The molecule has 8 heteroatoms. The zero-order chi connectivity index (χ0) is 21.7. The molecule has 0 aliphatic rings. The maximum Gasteiger partial charge on any atom is 0.276 e.